The molecule has 1 heterocycles. The zero-order valence-electron chi connectivity index (χ0n) is 22.3. The highest BCUT2D eigenvalue weighted by atomic mass is 16.5. The Kier molecular flexibility index (Phi) is 7.36. The predicted molar refractivity (Wildman–Crippen MR) is 153 cm³/mol. The van der Waals surface area contributed by atoms with Gasteiger partial charge in [0.2, 0.25) is 0 Å². The molecule has 0 bridgehead atoms. The monoisotopic (exact) mass is 519 g/mol. The minimum Gasteiger partial charge on any atom is -0.457 e. The number of hydrogen-bond acceptors (Lipinski definition) is 4. The fourth-order valence-corrected chi connectivity index (χ4v) is 5.45. The smallest absolute Gasteiger partial charge is 0.338 e. The minimum absolute atomic E-state index is 0.0784. The maximum atomic E-state index is 13.1. The van der Waals surface area contributed by atoms with E-state index in [9.17, 15) is 14.7 Å². The summed E-state index contributed by atoms with van der Waals surface area (Å²) in [6, 6.07) is 33.5. The number of aliphatic hydroxyl groups is 1. The van der Waals surface area contributed by atoms with Gasteiger partial charge in [-0.25, -0.2) is 4.79 Å². The molecule has 5 rings (SSSR count). The summed E-state index contributed by atoms with van der Waals surface area (Å²) in [5.74, 6) is -0.666. The van der Waals surface area contributed by atoms with Gasteiger partial charge in [0, 0.05) is 24.1 Å². The van der Waals surface area contributed by atoms with Crippen LogP contribution in [0.1, 0.15) is 57.7 Å². The number of hydrogen-bond donors (Lipinski definition) is 2. The van der Waals surface area contributed by atoms with E-state index in [0.29, 0.717) is 29.5 Å². The van der Waals surface area contributed by atoms with Gasteiger partial charge in [0.1, 0.15) is 6.61 Å². The summed E-state index contributed by atoms with van der Waals surface area (Å²) < 4.78 is 5.06. The van der Waals surface area contributed by atoms with E-state index in [1.54, 1.807) is 18.2 Å². The summed E-state index contributed by atoms with van der Waals surface area (Å²) in [7, 11) is 0. The first-order chi connectivity index (χ1) is 18.7. The van der Waals surface area contributed by atoms with Gasteiger partial charge in [-0.1, -0.05) is 98.8 Å². The number of rotatable bonds is 9. The second-order valence-electron chi connectivity index (χ2n) is 11.0. The lowest BCUT2D eigenvalue weighted by Gasteiger charge is -2.37. The van der Waals surface area contributed by atoms with Gasteiger partial charge < -0.3 is 15.2 Å². The maximum Gasteiger partial charge on any atom is 0.338 e. The first-order valence-electron chi connectivity index (χ1n) is 13.2. The fraction of sp³-hybridized carbons (Fsp3) is 0.235. The molecule has 1 aliphatic heterocycles. The van der Waals surface area contributed by atoms with Crippen molar-refractivity contribution in [2.75, 3.05) is 6.54 Å². The average molecular weight is 520 g/mol. The van der Waals surface area contributed by atoms with E-state index in [4.69, 9.17) is 4.74 Å². The molecule has 0 saturated heterocycles. The molecular formula is C34H33NO4. The van der Waals surface area contributed by atoms with Gasteiger partial charge in [0.15, 0.2) is 0 Å². The van der Waals surface area contributed by atoms with Crippen LogP contribution in [0.2, 0.25) is 0 Å². The molecule has 1 aliphatic rings. The highest BCUT2D eigenvalue weighted by Crippen LogP contribution is 2.34. The summed E-state index contributed by atoms with van der Waals surface area (Å²) in [4.78, 5) is 24.9. The molecule has 0 aromatic heterocycles. The number of cyclic esters (lactones) is 1. The Morgan fingerprint density at radius 3 is 2.21 bits per heavy atom. The number of esters is 1. The number of carbonyl (C=O) groups is 2. The lowest BCUT2D eigenvalue weighted by molar-refractivity contribution is 0.0136. The zero-order valence-corrected chi connectivity index (χ0v) is 22.3. The van der Waals surface area contributed by atoms with Crippen molar-refractivity contribution >= 4 is 11.9 Å². The molecule has 198 valence electrons. The Hall–Kier alpha value is -4.22. The van der Waals surface area contributed by atoms with E-state index < -0.39 is 5.60 Å². The molecule has 1 atom stereocenters. The van der Waals surface area contributed by atoms with E-state index in [-0.39, 0.29) is 30.4 Å². The number of nitrogens with one attached hydrogen (secondary N) is 1. The summed E-state index contributed by atoms with van der Waals surface area (Å²) in [6.07, 6.45) is 0.822. The van der Waals surface area contributed by atoms with Gasteiger partial charge >= 0.3 is 5.97 Å². The molecule has 0 radical (unpaired) electrons. The lowest BCUT2D eigenvalue weighted by Crippen LogP contribution is -2.48. The number of benzene rings is 4. The molecule has 4 aromatic carbocycles. The van der Waals surface area contributed by atoms with Crippen LogP contribution >= 0.6 is 0 Å². The number of carbonyl (C=O) groups excluding carboxylic acids is 2. The zero-order chi connectivity index (χ0) is 27.5. The van der Waals surface area contributed by atoms with Gasteiger partial charge in [-0.3, -0.25) is 4.79 Å². The first-order valence-corrected chi connectivity index (χ1v) is 13.2. The predicted octanol–water partition coefficient (Wildman–Crippen LogP) is 6.10. The van der Waals surface area contributed by atoms with Gasteiger partial charge in [0.25, 0.3) is 5.91 Å². The molecule has 4 aromatic rings. The molecule has 0 saturated carbocycles. The molecule has 0 unspecified atom stereocenters. The third-order valence-corrected chi connectivity index (χ3v) is 7.44. The fourth-order valence-electron chi connectivity index (χ4n) is 5.45. The quantitative estimate of drug-likeness (QED) is 0.262. The van der Waals surface area contributed by atoms with Crippen LogP contribution in [0.5, 0.6) is 0 Å². The van der Waals surface area contributed by atoms with Crippen molar-refractivity contribution in [2.45, 2.75) is 44.3 Å². The number of ether oxygens (including phenoxy) is 1. The first kappa shape index (κ1) is 26.4. The standard InChI is InChI=1S/C34H33NO4/c1-33(2,29-11-7-4-8-12-29)22-34(38,20-24-13-15-26(16-14-24)25-9-5-3-6-10-25)23-35-31(36)27-17-18-30-28(19-27)21-39-32(30)37/h3-19,38H,20-23H2,1-2H3,(H,35,36)/t34-/m1/s1. The Balaban J connectivity index is 1.36. The largest absolute Gasteiger partial charge is 0.457 e. The highest BCUT2D eigenvalue weighted by molar-refractivity contribution is 5.98. The molecule has 0 fully saturated rings. The van der Waals surface area contributed by atoms with Crippen LogP contribution in [0, 0.1) is 0 Å². The van der Waals surface area contributed by atoms with Crippen LogP contribution in [-0.4, -0.2) is 29.1 Å². The molecule has 1 amide bonds. The van der Waals surface area contributed by atoms with E-state index in [2.05, 4.69) is 55.6 Å². The van der Waals surface area contributed by atoms with E-state index in [0.717, 1.165) is 22.3 Å². The number of fused-ring (bicyclic) bond motifs is 1. The molecule has 5 heteroatoms. The SMILES string of the molecule is CC(C)(C[C@@](O)(CNC(=O)c1ccc2c(c1)COC2=O)Cc1ccc(-c2ccccc2)cc1)c1ccccc1. The molecule has 5 nitrogen and oxygen atoms in total. The topological polar surface area (TPSA) is 75.6 Å². The van der Waals surface area contributed by atoms with E-state index in [1.165, 1.54) is 0 Å². The molecule has 2 N–H and O–H groups in total. The highest BCUT2D eigenvalue weighted by Gasteiger charge is 2.36. The third kappa shape index (κ3) is 6.10. The van der Waals surface area contributed by atoms with Crippen molar-refractivity contribution in [2.24, 2.45) is 0 Å². The lowest BCUT2D eigenvalue weighted by atomic mass is 9.73. The van der Waals surface area contributed by atoms with Crippen molar-refractivity contribution < 1.29 is 19.4 Å². The Morgan fingerprint density at radius 1 is 0.872 bits per heavy atom. The molecule has 0 aliphatic carbocycles. The normalized spacial score (nSPS) is 14.3. The van der Waals surface area contributed by atoms with Gasteiger partial charge in [-0.15, -0.1) is 0 Å². The molecular weight excluding hydrogens is 486 g/mol. The summed E-state index contributed by atoms with van der Waals surface area (Å²) in [6.45, 7) is 4.48. The Labute approximate surface area is 229 Å². The Morgan fingerprint density at radius 2 is 1.51 bits per heavy atom. The molecule has 0 spiro atoms. The molecule has 39 heavy (non-hydrogen) atoms. The summed E-state index contributed by atoms with van der Waals surface area (Å²) in [5, 5.41) is 15.0. The maximum absolute atomic E-state index is 13.1. The van der Waals surface area contributed by atoms with Crippen LogP contribution in [0.15, 0.2) is 103 Å². The van der Waals surface area contributed by atoms with Crippen LogP contribution in [-0.2, 0) is 23.2 Å². The van der Waals surface area contributed by atoms with E-state index >= 15 is 0 Å². The van der Waals surface area contributed by atoms with Crippen molar-refractivity contribution in [3.05, 3.63) is 131 Å². The van der Waals surface area contributed by atoms with Crippen molar-refractivity contribution in [1.29, 1.82) is 0 Å². The minimum atomic E-state index is -1.21. The Bertz CT molecular complexity index is 1460. The summed E-state index contributed by atoms with van der Waals surface area (Å²) in [5.41, 5.74) is 4.44. The second-order valence-corrected chi connectivity index (χ2v) is 11.0. The number of amides is 1. The van der Waals surface area contributed by atoms with E-state index in [1.807, 2.05) is 48.5 Å². The third-order valence-electron chi connectivity index (χ3n) is 7.44. The summed E-state index contributed by atoms with van der Waals surface area (Å²) >= 11 is 0. The van der Waals surface area contributed by atoms with Gasteiger partial charge in [0.05, 0.1) is 11.2 Å². The van der Waals surface area contributed by atoms with Crippen molar-refractivity contribution in [3.63, 3.8) is 0 Å². The average Bonchev–Trinajstić information content (AvgIpc) is 3.32. The second kappa shape index (κ2) is 10.9. The van der Waals surface area contributed by atoms with Gasteiger partial charge in [-0.2, -0.15) is 0 Å². The van der Waals surface area contributed by atoms with Gasteiger partial charge in [-0.05, 0) is 52.3 Å². The van der Waals surface area contributed by atoms with Crippen molar-refractivity contribution in [3.8, 4) is 11.1 Å². The van der Waals surface area contributed by atoms with Crippen LogP contribution < -0.4 is 5.32 Å². The van der Waals surface area contributed by atoms with Crippen LogP contribution in [0.4, 0.5) is 0 Å². The van der Waals surface area contributed by atoms with Crippen molar-refractivity contribution in [1.82, 2.24) is 5.32 Å². The van der Waals surface area contributed by atoms with Crippen LogP contribution in [0.3, 0.4) is 0 Å². The van der Waals surface area contributed by atoms with Crippen LogP contribution in [0.25, 0.3) is 11.1 Å².